The molecule has 2 heterocycles. The summed E-state index contributed by atoms with van der Waals surface area (Å²) >= 11 is 1.14. The van der Waals surface area contributed by atoms with Crippen LogP contribution in [0, 0.1) is 0 Å². The van der Waals surface area contributed by atoms with Crippen LogP contribution in [0.25, 0.3) is 0 Å². The number of aromatic nitrogens is 1. The van der Waals surface area contributed by atoms with Crippen LogP contribution in [-0.2, 0) is 21.1 Å². The number of unbranched alkanes of at least 4 members (excludes halogenated alkanes) is 1. The summed E-state index contributed by atoms with van der Waals surface area (Å²) in [5.41, 5.74) is 1.13. The monoisotopic (exact) mass is 492 g/mol. The number of carbonyl (C=O) groups is 1. The second-order valence-electron chi connectivity index (χ2n) is 8.86. The van der Waals surface area contributed by atoms with E-state index >= 15 is 0 Å². The van der Waals surface area contributed by atoms with Gasteiger partial charge in [0.15, 0.2) is 0 Å². The number of amides is 1. The summed E-state index contributed by atoms with van der Waals surface area (Å²) < 4.78 is 25.4. The standard InChI is InChI=1S/C24H36N4O3S2/c1-4-12-27(13-5-6-14-28-16-15-26(3)19-23(28)29)20(2)18-21-7-9-22(10-8-21)33(30,31)24-25-11-17-32-24/h7-11,17,20H,4-6,12-16,18-19H2,1-3H3. The average molecular weight is 493 g/mol. The van der Waals surface area contributed by atoms with Crippen molar-refractivity contribution in [3.05, 3.63) is 41.4 Å². The Morgan fingerprint density at radius 1 is 1.15 bits per heavy atom. The highest BCUT2D eigenvalue weighted by Gasteiger charge is 2.22. The lowest BCUT2D eigenvalue weighted by Crippen LogP contribution is -2.49. The quantitative estimate of drug-likeness (QED) is 0.424. The molecular weight excluding hydrogens is 456 g/mol. The molecule has 2 aromatic rings. The molecule has 1 saturated heterocycles. The molecule has 0 saturated carbocycles. The van der Waals surface area contributed by atoms with Gasteiger partial charge in [0.05, 0.1) is 11.4 Å². The Balaban J connectivity index is 1.50. The second-order valence-corrected chi connectivity index (χ2v) is 11.9. The van der Waals surface area contributed by atoms with Crippen molar-refractivity contribution in [3.8, 4) is 0 Å². The number of rotatable bonds is 12. The van der Waals surface area contributed by atoms with Gasteiger partial charge in [0.1, 0.15) is 0 Å². The van der Waals surface area contributed by atoms with Crippen LogP contribution in [0.15, 0.2) is 45.1 Å². The minimum absolute atomic E-state index is 0.135. The number of likely N-dealkylation sites (N-methyl/N-ethyl adjacent to an activating group) is 1. The molecule has 1 aliphatic rings. The number of hydrogen-bond acceptors (Lipinski definition) is 7. The molecule has 0 bridgehead atoms. The first-order valence-corrected chi connectivity index (χ1v) is 14.1. The van der Waals surface area contributed by atoms with Gasteiger partial charge < -0.3 is 9.80 Å². The van der Waals surface area contributed by atoms with Crippen molar-refractivity contribution in [2.45, 2.75) is 54.8 Å². The first-order valence-electron chi connectivity index (χ1n) is 11.7. The van der Waals surface area contributed by atoms with Gasteiger partial charge in [0.25, 0.3) is 0 Å². The van der Waals surface area contributed by atoms with Gasteiger partial charge >= 0.3 is 0 Å². The van der Waals surface area contributed by atoms with Crippen molar-refractivity contribution < 1.29 is 13.2 Å². The smallest absolute Gasteiger partial charge is 0.236 e. The number of carbonyl (C=O) groups excluding carboxylic acids is 1. The van der Waals surface area contributed by atoms with E-state index in [0.717, 1.165) is 75.3 Å². The Bertz CT molecular complexity index is 978. The highest BCUT2D eigenvalue weighted by molar-refractivity contribution is 7.93. The molecule has 3 rings (SSSR count). The summed E-state index contributed by atoms with van der Waals surface area (Å²) in [4.78, 5) is 22.9. The lowest BCUT2D eigenvalue weighted by Gasteiger charge is -2.33. The van der Waals surface area contributed by atoms with E-state index < -0.39 is 9.84 Å². The normalized spacial score (nSPS) is 16.5. The molecule has 0 aliphatic carbocycles. The van der Waals surface area contributed by atoms with Crippen molar-refractivity contribution in [3.63, 3.8) is 0 Å². The van der Waals surface area contributed by atoms with Gasteiger partial charge in [0.2, 0.25) is 20.1 Å². The molecule has 0 N–H and O–H groups in total. The Hall–Kier alpha value is -1.81. The lowest BCUT2D eigenvalue weighted by atomic mass is 10.1. The maximum Gasteiger partial charge on any atom is 0.236 e. The van der Waals surface area contributed by atoms with Crippen LogP contribution in [0.2, 0.25) is 0 Å². The van der Waals surface area contributed by atoms with Gasteiger partial charge in [-0.15, -0.1) is 11.3 Å². The summed E-state index contributed by atoms with van der Waals surface area (Å²) in [6.45, 7) is 9.63. The third-order valence-electron chi connectivity index (χ3n) is 6.17. The average Bonchev–Trinajstić information content (AvgIpc) is 3.33. The predicted octanol–water partition coefficient (Wildman–Crippen LogP) is 3.17. The first kappa shape index (κ1) is 25.8. The van der Waals surface area contributed by atoms with Gasteiger partial charge in [-0.2, -0.15) is 0 Å². The second kappa shape index (κ2) is 12.1. The molecular formula is C24H36N4O3S2. The predicted molar refractivity (Wildman–Crippen MR) is 132 cm³/mol. The van der Waals surface area contributed by atoms with Gasteiger partial charge in [-0.3, -0.25) is 9.69 Å². The topological polar surface area (TPSA) is 73.8 Å². The molecule has 1 aliphatic heterocycles. The largest absolute Gasteiger partial charge is 0.340 e. The van der Waals surface area contributed by atoms with Crippen molar-refractivity contribution in [2.24, 2.45) is 0 Å². The van der Waals surface area contributed by atoms with Crippen molar-refractivity contribution >= 4 is 27.1 Å². The van der Waals surface area contributed by atoms with E-state index in [0.29, 0.717) is 12.6 Å². The van der Waals surface area contributed by atoms with Gasteiger partial charge in [-0.1, -0.05) is 19.1 Å². The zero-order valence-electron chi connectivity index (χ0n) is 19.9. The molecule has 1 aromatic heterocycles. The van der Waals surface area contributed by atoms with E-state index in [4.69, 9.17) is 0 Å². The van der Waals surface area contributed by atoms with Crippen molar-refractivity contribution in [1.82, 2.24) is 19.7 Å². The van der Waals surface area contributed by atoms with Crippen LogP contribution < -0.4 is 0 Å². The van der Waals surface area contributed by atoms with Crippen LogP contribution in [0.5, 0.6) is 0 Å². The van der Waals surface area contributed by atoms with Crippen molar-refractivity contribution in [1.29, 1.82) is 0 Å². The molecule has 7 nitrogen and oxygen atoms in total. The number of thiazole rings is 1. The fourth-order valence-corrected chi connectivity index (χ4v) is 6.46. The molecule has 182 valence electrons. The Morgan fingerprint density at radius 3 is 2.55 bits per heavy atom. The van der Waals surface area contributed by atoms with Crippen LogP contribution in [0.3, 0.4) is 0 Å². The number of hydrogen-bond donors (Lipinski definition) is 0. The van der Waals surface area contributed by atoms with Gasteiger partial charge in [0, 0.05) is 37.3 Å². The molecule has 1 fully saturated rings. The number of sulfone groups is 1. The molecule has 1 aromatic carbocycles. The van der Waals surface area contributed by atoms with Crippen LogP contribution in [0.4, 0.5) is 0 Å². The molecule has 0 radical (unpaired) electrons. The summed E-state index contributed by atoms with van der Waals surface area (Å²) in [5.74, 6) is 0.239. The van der Waals surface area contributed by atoms with E-state index in [1.54, 1.807) is 17.5 Å². The van der Waals surface area contributed by atoms with Gasteiger partial charge in [-0.05, 0) is 70.4 Å². The first-order chi connectivity index (χ1) is 15.8. The summed E-state index contributed by atoms with van der Waals surface area (Å²) in [7, 11) is -1.54. The fourth-order valence-electron chi connectivity index (χ4n) is 4.24. The molecule has 0 spiro atoms. The zero-order valence-corrected chi connectivity index (χ0v) is 21.6. The lowest BCUT2D eigenvalue weighted by molar-refractivity contribution is -0.135. The highest BCUT2D eigenvalue weighted by Crippen LogP contribution is 2.23. The van der Waals surface area contributed by atoms with Crippen molar-refractivity contribution in [2.75, 3.05) is 46.3 Å². The van der Waals surface area contributed by atoms with Crippen LogP contribution in [-0.4, -0.2) is 86.4 Å². The van der Waals surface area contributed by atoms with Crippen LogP contribution in [0.1, 0.15) is 38.7 Å². The van der Waals surface area contributed by atoms with Crippen LogP contribution >= 0.6 is 11.3 Å². The molecule has 1 unspecified atom stereocenters. The Morgan fingerprint density at radius 2 is 1.91 bits per heavy atom. The maximum absolute atomic E-state index is 12.6. The van der Waals surface area contributed by atoms with E-state index in [1.807, 2.05) is 24.1 Å². The Kier molecular flexibility index (Phi) is 9.43. The number of piperazine rings is 1. The van der Waals surface area contributed by atoms with E-state index in [2.05, 4.69) is 28.6 Å². The molecule has 9 heteroatoms. The fraction of sp³-hybridized carbons (Fsp3) is 0.583. The summed E-state index contributed by atoms with van der Waals surface area (Å²) in [6, 6.07) is 7.57. The third kappa shape index (κ3) is 7.09. The maximum atomic E-state index is 12.6. The van der Waals surface area contributed by atoms with E-state index in [1.165, 1.54) is 6.20 Å². The Labute approximate surface area is 202 Å². The summed E-state index contributed by atoms with van der Waals surface area (Å²) in [5, 5.41) is 1.67. The van der Waals surface area contributed by atoms with E-state index in [-0.39, 0.29) is 15.1 Å². The highest BCUT2D eigenvalue weighted by atomic mass is 32.2. The number of nitrogens with zero attached hydrogens (tertiary/aromatic N) is 4. The molecule has 1 amide bonds. The minimum atomic E-state index is -3.53. The minimum Gasteiger partial charge on any atom is -0.340 e. The van der Waals surface area contributed by atoms with Gasteiger partial charge in [-0.25, -0.2) is 13.4 Å². The third-order valence-corrected chi connectivity index (χ3v) is 9.14. The molecule has 33 heavy (non-hydrogen) atoms. The summed E-state index contributed by atoms with van der Waals surface area (Å²) in [6.07, 6.45) is 5.56. The number of benzene rings is 1. The SMILES string of the molecule is CCCN(CCCCN1CCN(C)CC1=O)C(C)Cc1ccc(S(=O)(=O)c2nccs2)cc1. The molecule has 1 atom stereocenters. The van der Waals surface area contributed by atoms with E-state index in [9.17, 15) is 13.2 Å². The zero-order chi connectivity index (χ0) is 23.8.